The lowest BCUT2D eigenvalue weighted by molar-refractivity contribution is 0.872. The van der Waals surface area contributed by atoms with Crippen LogP contribution in [0.5, 0.6) is 0 Å². The molecule has 0 unspecified atom stereocenters. The van der Waals surface area contributed by atoms with Crippen LogP contribution in [-0.2, 0) is 0 Å². The molecule has 1 rings (SSSR count). The SMILES string of the molecule is Cc1c(NN)ncnc1N(C)CCC#N. The molecule has 0 saturated heterocycles. The fourth-order valence-corrected chi connectivity index (χ4v) is 1.29. The van der Waals surface area contributed by atoms with Crippen LogP contribution in [0, 0.1) is 18.3 Å². The van der Waals surface area contributed by atoms with E-state index in [2.05, 4.69) is 21.5 Å². The molecule has 1 aromatic heterocycles. The van der Waals surface area contributed by atoms with Crippen molar-refractivity contribution in [2.75, 3.05) is 23.9 Å². The zero-order chi connectivity index (χ0) is 11.3. The lowest BCUT2D eigenvalue weighted by Gasteiger charge is -2.19. The highest BCUT2D eigenvalue weighted by Gasteiger charge is 2.09. The highest BCUT2D eigenvalue weighted by molar-refractivity contribution is 5.56. The van der Waals surface area contributed by atoms with Crippen LogP contribution in [0.25, 0.3) is 0 Å². The minimum Gasteiger partial charge on any atom is -0.358 e. The maximum Gasteiger partial charge on any atom is 0.148 e. The van der Waals surface area contributed by atoms with Gasteiger partial charge in [0.25, 0.3) is 0 Å². The Labute approximate surface area is 88.7 Å². The summed E-state index contributed by atoms with van der Waals surface area (Å²) < 4.78 is 0. The Morgan fingerprint density at radius 1 is 1.60 bits per heavy atom. The van der Waals surface area contributed by atoms with Gasteiger partial charge in [0.05, 0.1) is 12.5 Å². The maximum absolute atomic E-state index is 8.49. The predicted molar refractivity (Wildman–Crippen MR) is 58.1 cm³/mol. The molecule has 1 aromatic rings. The van der Waals surface area contributed by atoms with E-state index in [0.29, 0.717) is 18.8 Å². The van der Waals surface area contributed by atoms with Crippen molar-refractivity contribution in [2.24, 2.45) is 5.84 Å². The number of nitrogens with two attached hydrogens (primary N) is 1. The molecule has 0 atom stereocenters. The standard InChI is InChI=1S/C9H14N6/c1-7-8(14-11)12-6-13-9(7)15(2)5-3-4-10/h6H,3,5,11H2,1-2H3,(H,12,13,14). The van der Waals surface area contributed by atoms with Gasteiger partial charge in [0, 0.05) is 19.2 Å². The van der Waals surface area contributed by atoms with Gasteiger partial charge in [0.2, 0.25) is 0 Å². The Morgan fingerprint density at radius 2 is 2.33 bits per heavy atom. The topological polar surface area (TPSA) is 90.9 Å². The molecule has 0 aliphatic carbocycles. The highest BCUT2D eigenvalue weighted by atomic mass is 15.3. The molecule has 0 aliphatic heterocycles. The van der Waals surface area contributed by atoms with Crippen LogP contribution >= 0.6 is 0 Å². The highest BCUT2D eigenvalue weighted by Crippen LogP contribution is 2.20. The van der Waals surface area contributed by atoms with Crippen molar-refractivity contribution in [3.8, 4) is 6.07 Å². The second-order valence-electron chi connectivity index (χ2n) is 3.14. The predicted octanol–water partition coefficient (Wildman–Crippen LogP) is 0.420. The van der Waals surface area contributed by atoms with Gasteiger partial charge in [-0.15, -0.1) is 0 Å². The van der Waals surface area contributed by atoms with E-state index >= 15 is 0 Å². The summed E-state index contributed by atoms with van der Waals surface area (Å²) in [7, 11) is 1.88. The molecular formula is C9H14N6. The number of aromatic nitrogens is 2. The molecule has 0 radical (unpaired) electrons. The summed E-state index contributed by atoms with van der Waals surface area (Å²) >= 11 is 0. The van der Waals surface area contributed by atoms with Crippen molar-refractivity contribution in [3.63, 3.8) is 0 Å². The summed E-state index contributed by atoms with van der Waals surface area (Å²) in [6, 6.07) is 2.09. The molecule has 0 aliphatic rings. The fraction of sp³-hybridized carbons (Fsp3) is 0.444. The van der Waals surface area contributed by atoms with E-state index in [9.17, 15) is 0 Å². The van der Waals surface area contributed by atoms with Crippen LogP contribution in [0.15, 0.2) is 6.33 Å². The monoisotopic (exact) mass is 206 g/mol. The van der Waals surface area contributed by atoms with Gasteiger partial charge in [0.1, 0.15) is 18.0 Å². The van der Waals surface area contributed by atoms with E-state index in [1.807, 2.05) is 18.9 Å². The summed E-state index contributed by atoms with van der Waals surface area (Å²) in [5, 5.41) is 8.49. The molecule has 0 fully saturated rings. The molecule has 6 heteroatoms. The number of hydrogen-bond acceptors (Lipinski definition) is 6. The Kier molecular flexibility index (Phi) is 3.83. The van der Waals surface area contributed by atoms with E-state index < -0.39 is 0 Å². The van der Waals surface area contributed by atoms with Gasteiger partial charge in [-0.3, -0.25) is 0 Å². The van der Waals surface area contributed by atoms with Crippen molar-refractivity contribution in [3.05, 3.63) is 11.9 Å². The van der Waals surface area contributed by atoms with Crippen LogP contribution in [-0.4, -0.2) is 23.6 Å². The molecule has 0 bridgehead atoms. The third-order valence-electron chi connectivity index (χ3n) is 2.11. The largest absolute Gasteiger partial charge is 0.358 e. The van der Waals surface area contributed by atoms with Crippen LogP contribution in [0.4, 0.5) is 11.6 Å². The van der Waals surface area contributed by atoms with Gasteiger partial charge in [-0.25, -0.2) is 15.8 Å². The van der Waals surface area contributed by atoms with Gasteiger partial charge in [-0.2, -0.15) is 5.26 Å². The summed E-state index contributed by atoms with van der Waals surface area (Å²) in [6.45, 7) is 2.52. The number of hydrogen-bond donors (Lipinski definition) is 2. The van der Waals surface area contributed by atoms with Gasteiger partial charge < -0.3 is 10.3 Å². The van der Waals surface area contributed by atoms with E-state index in [-0.39, 0.29) is 0 Å². The van der Waals surface area contributed by atoms with E-state index in [1.165, 1.54) is 6.33 Å². The number of nitrogen functional groups attached to an aromatic ring is 1. The van der Waals surface area contributed by atoms with Crippen molar-refractivity contribution >= 4 is 11.6 Å². The summed E-state index contributed by atoms with van der Waals surface area (Å²) in [4.78, 5) is 10.0. The summed E-state index contributed by atoms with van der Waals surface area (Å²) in [6.07, 6.45) is 1.91. The summed E-state index contributed by atoms with van der Waals surface area (Å²) in [5.41, 5.74) is 3.38. The van der Waals surface area contributed by atoms with E-state index in [1.54, 1.807) is 0 Å². The average molecular weight is 206 g/mol. The molecule has 6 nitrogen and oxygen atoms in total. The Hall–Kier alpha value is -1.87. The Morgan fingerprint density at radius 3 is 2.93 bits per heavy atom. The lowest BCUT2D eigenvalue weighted by Crippen LogP contribution is -2.22. The number of anilines is 2. The summed E-state index contributed by atoms with van der Waals surface area (Å²) in [5.74, 6) is 6.69. The molecule has 1 heterocycles. The number of hydrazine groups is 1. The van der Waals surface area contributed by atoms with Gasteiger partial charge in [-0.1, -0.05) is 0 Å². The van der Waals surface area contributed by atoms with Crippen LogP contribution < -0.4 is 16.2 Å². The molecule has 0 saturated carbocycles. The third kappa shape index (κ3) is 2.54. The maximum atomic E-state index is 8.49. The van der Waals surface area contributed by atoms with Gasteiger partial charge >= 0.3 is 0 Å². The first-order valence-electron chi connectivity index (χ1n) is 4.57. The zero-order valence-electron chi connectivity index (χ0n) is 8.86. The van der Waals surface area contributed by atoms with Crippen LogP contribution in [0.2, 0.25) is 0 Å². The number of nitriles is 1. The normalized spacial score (nSPS) is 9.47. The average Bonchev–Trinajstić information content (AvgIpc) is 2.26. The second kappa shape index (κ2) is 5.12. The number of nitrogens with one attached hydrogen (secondary N) is 1. The van der Waals surface area contributed by atoms with Crippen molar-refractivity contribution in [1.82, 2.24) is 9.97 Å². The first kappa shape index (κ1) is 11.2. The second-order valence-corrected chi connectivity index (χ2v) is 3.14. The minimum absolute atomic E-state index is 0.464. The van der Waals surface area contributed by atoms with E-state index in [0.717, 1.165) is 11.4 Å². The number of nitrogens with zero attached hydrogens (tertiary/aromatic N) is 4. The lowest BCUT2D eigenvalue weighted by atomic mass is 10.3. The molecule has 80 valence electrons. The molecule has 0 aromatic carbocycles. The molecule has 3 N–H and O–H groups in total. The van der Waals surface area contributed by atoms with E-state index in [4.69, 9.17) is 11.1 Å². The fourth-order valence-electron chi connectivity index (χ4n) is 1.29. The van der Waals surface area contributed by atoms with Crippen molar-refractivity contribution in [1.29, 1.82) is 5.26 Å². The number of rotatable bonds is 4. The van der Waals surface area contributed by atoms with Crippen molar-refractivity contribution < 1.29 is 0 Å². The zero-order valence-corrected chi connectivity index (χ0v) is 8.86. The van der Waals surface area contributed by atoms with Gasteiger partial charge in [0.15, 0.2) is 0 Å². The molecule has 0 spiro atoms. The van der Waals surface area contributed by atoms with Crippen LogP contribution in [0.3, 0.4) is 0 Å². The first-order valence-corrected chi connectivity index (χ1v) is 4.57. The third-order valence-corrected chi connectivity index (χ3v) is 2.11. The quantitative estimate of drug-likeness (QED) is 0.548. The molecule has 0 amide bonds. The van der Waals surface area contributed by atoms with Crippen molar-refractivity contribution in [2.45, 2.75) is 13.3 Å². The van der Waals surface area contributed by atoms with Gasteiger partial charge in [-0.05, 0) is 6.92 Å². The molecular weight excluding hydrogens is 192 g/mol. The molecule has 15 heavy (non-hydrogen) atoms. The Bertz CT molecular complexity index is 369. The van der Waals surface area contributed by atoms with Crippen LogP contribution in [0.1, 0.15) is 12.0 Å². The minimum atomic E-state index is 0.464. The smallest absolute Gasteiger partial charge is 0.148 e. The Balaban J connectivity index is 2.89. The first-order chi connectivity index (χ1) is 7.20.